The lowest BCUT2D eigenvalue weighted by atomic mass is 9.44. The van der Waals surface area contributed by atoms with Crippen molar-refractivity contribution in [3.63, 3.8) is 0 Å². The van der Waals surface area contributed by atoms with Gasteiger partial charge in [0.1, 0.15) is 0 Å². The first-order chi connectivity index (χ1) is 11.3. The van der Waals surface area contributed by atoms with E-state index in [0.717, 1.165) is 19.3 Å². The van der Waals surface area contributed by atoms with E-state index in [0.29, 0.717) is 23.2 Å². The SMILES string of the molecule is COC1(OC)CC[C@@]2(C)[C@@H](CC[C@@H]3[C@H]2CC[C@@]2(C)CCC[C@@]32O)C1. The number of fused-ring (bicyclic) bond motifs is 5. The van der Waals surface area contributed by atoms with Gasteiger partial charge in [0.2, 0.25) is 0 Å². The zero-order valence-corrected chi connectivity index (χ0v) is 16.1. The van der Waals surface area contributed by atoms with Gasteiger partial charge in [0.05, 0.1) is 5.60 Å². The first kappa shape index (κ1) is 17.3. The van der Waals surface area contributed by atoms with E-state index in [1.165, 1.54) is 44.9 Å². The van der Waals surface area contributed by atoms with Crippen LogP contribution in [0, 0.1) is 28.6 Å². The zero-order chi connectivity index (χ0) is 17.2. The summed E-state index contributed by atoms with van der Waals surface area (Å²) >= 11 is 0. The molecule has 0 aliphatic heterocycles. The molecule has 0 unspecified atom stereocenters. The van der Waals surface area contributed by atoms with Gasteiger partial charge < -0.3 is 14.6 Å². The molecule has 0 spiro atoms. The van der Waals surface area contributed by atoms with E-state index < -0.39 is 5.60 Å². The smallest absolute Gasteiger partial charge is 0.167 e. The Hall–Kier alpha value is -0.120. The first-order valence-corrected chi connectivity index (χ1v) is 10.2. The maximum atomic E-state index is 11.7. The molecule has 6 atom stereocenters. The van der Waals surface area contributed by atoms with E-state index in [2.05, 4.69) is 13.8 Å². The Labute approximate surface area is 147 Å². The number of hydrogen-bond donors (Lipinski definition) is 1. The number of ether oxygens (including phenoxy) is 2. The summed E-state index contributed by atoms with van der Waals surface area (Å²) in [5.41, 5.74) is 0.124. The molecule has 4 saturated carbocycles. The predicted molar refractivity (Wildman–Crippen MR) is 94.6 cm³/mol. The zero-order valence-electron chi connectivity index (χ0n) is 16.1. The molecule has 0 amide bonds. The summed E-state index contributed by atoms with van der Waals surface area (Å²) in [4.78, 5) is 0. The van der Waals surface area contributed by atoms with Crippen molar-refractivity contribution in [1.29, 1.82) is 0 Å². The highest BCUT2D eigenvalue weighted by molar-refractivity contribution is 5.15. The first-order valence-electron chi connectivity index (χ1n) is 10.2. The number of methoxy groups -OCH3 is 2. The van der Waals surface area contributed by atoms with Gasteiger partial charge in [-0.25, -0.2) is 0 Å². The van der Waals surface area contributed by atoms with Gasteiger partial charge in [0.25, 0.3) is 0 Å². The maximum absolute atomic E-state index is 11.7. The van der Waals surface area contributed by atoms with Crippen LogP contribution in [0.4, 0.5) is 0 Å². The molecule has 0 saturated heterocycles. The minimum Gasteiger partial charge on any atom is -0.389 e. The summed E-state index contributed by atoms with van der Waals surface area (Å²) in [6.07, 6.45) is 11.6. The van der Waals surface area contributed by atoms with Crippen LogP contribution in [0.5, 0.6) is 0 Å². The third-order valence-electron chi connectivity index (χ3n) is 9.39. The van der Waals surface area contributed by atoms with Crippen LogP contribution >= 0.6 is 0 Å². The fraction of sp³-hybridized carbons (Fsp3) is 1.00. The Morgan fingerprint density at radius 2 is 1.58 bits per heavy atom. The fourth-order valence-electron chi connectivity index (χ4n) is 7.61. The van der Waals surface area contributed by atoms with Gasteiger partial charge in [-0.1, -0.05) is 13.8 Å². The van der Waals surface area contributed by atoms with Gasteiger partial charge in [-0.15, -0.1) is 0 Å². The van der Waals surface area contributed by atoms with Crippen molar-refractivity contribution in [2.75, 3.05) is 14.2 Å². The topological polar surface area (TPSA) is 38.7 Å². The van der Waals surface area contributed by atoms with Gasteiger partial charge in [-0.3, -0.25) is 0 Å². The molecule has 0 aromatic carbocycles. The molecule has 3 nitrogen and oxygen atoms in total. The van der Waals surface area contributed by atoms with Gasteiger partial charge in [0, 0.05) is 27.1 Å². The largest absolute Gasteiger partial charge is 0.389 e. The van der Waals surface area contributed by atoms with Crippen LogP contribution in [0.3, 0.4) is 0 Å². The van der Waals surface area contributed by atoms with Crippen molar-refractivity contribution in [2.24, 2.45) is 28.6 Å². The molecule has 4 fully saturated rings. The number of hydrogen-bond acceptors (Lipinski definition) is 3. The van der Waals surface area contributed by atoms with Gasteiger partial charge in [-0.2, -0.15) is 0 Å². The van der Waals surface area contributed by atoms with Crippen LogP contribution in [0.25, 0.3) is 0 Å². The third-order valence-corrected chi connectivity index (χ3v) is 9.39. The van der Waals surface area contributed by atoms with E-state index in [9.17, 15) is 5.11 Å². The Morgan fingerprint density at radius 1 is 0.833 bits per heavy atom. The van der Waals surface area contributed by atoms with E-state index in [1.54, 1.807) is 14.2 Å². The molecule has 24 heavy (non-hydrogen) atoms. The van der Waals surface area contributed by atoms with E-state index in [4.69, 9.17) is 9.47 Å². The van der Waals surface area contributed by atoms with Crippen LogP contribution in [0.2, 0.25) is 0 Å². The molecule has 0 radical (unpaired) electrons. The predicted octanol–water partition coefficient (Wildman–Crippen LogP) is 4.52. The summed E-state index contributed by atoms with van der Waals surface area (Å²) in [7, 11) is 3.59. The molecule has 138 valence electrons. The van der Waals surface area contributed by atoms with E-state index in [1.807, 2.05) is 0 Å². The molecule has 4 rings (SSSR count). The average molecular weight is 337 g/mol. The summed E-state index contributed by atoms with van der Waals surface area (Å²) < 4.78 is 11.6. The van der Waals surface area contributed by atoms with Crippen molar-refractivity contribution >= 4 is 0 Å². The standard InChI is InChI=1S/C21H36O3/c1-18-9-5-10-21(18,22)17-7-6-15-14-20(23-3,24-4)13-12-19(15,2)16(17)8-11-18/h15-17,22H,5-14H2,1-4H3/t15-,16+,17+,18+,19-,21+/m0/s1. The highest BCUT2D eigenvalue weighted by atomic mass is 16.7. The maximum Gasteiger partial charge on any atom is 0.167 e. The van der Waals surface area contributed by atoms with Crippen LogP contribution in [0.15, 0.2) is 0 Å². The highest BCUT2D eigenvalue weighted by Gasteiger charge is 2.65. The minimum absolute atomic E-state index is 0.175. The Morgan fingerprint density at radius 3 is 2.29 bits per heavy atom. The second kappa shape index (κ2) is 5.44. The molecule has 0 aromatic rings. The second-order valence-corrected chi connectivity index (χ2v) is 9.89. The van der Waals surface area contributed by atoms with E-state index >= 15 is 0 Å². The summed E-state index contributed by atoms with van der Waals surface area (Å²) in [6, 6.07) is 0. The molecular weight excluding hydrogens is 300 g/mol. The Kier molecular flexibility index (Phi) is 3.92. The van der Waals surface area contributed by atoms with E-state index in [-0.39, 0.29) is 11.2 Å². The Bertz CT molecular complexity index is 501. The lowest BCUT2D eigenvalue weighted by molar-refractivity contribution is -0.270. The van der Waals surface area contributed by atoms with Gasteiger partial charge in [-0.05, 0) is 80.0 Å². The van der Waals surface area contributed by atoms with Crippen molar-refractivity contribution in [3.8, 4) is 0 Å². The summed E-state index contributed by atoms with van der Waals surface area (Å²) in [5.74, 6) is 1.49. The van der Waals surface area contributed by atoms with Crippen molar-refractivity contribution < 1.29 is 14.6 Å². The Balaban J connectivity index is 1.63. The quantitative estimate of drug-likeness (QED) is 0.753. The number of rotatable bonds is 2. The van der Waals surface area contributed by atoms with Crippen molar-refractivity contribution in [3.05, 3.63) is 0 Å². The monoisotopic (exact) mass is 336 g/mol. The minimum atomic E-state index is -0.402. The second-order valence-electron chi connectivity index (χ2n) is 9.89. The normalized spacial score (nSPS) is 53.1. The van der Waals surface area contributed by atoms with Crippen LogP contribution in [-0.4, -0.2) is 30.7 Å². The molecule has 3 heteroatoms. The van der Waals surface area contributed by atoms with Crippen LogP contribution in [0.1, 0.15) is 78.1 Å². The highest BCUT2D eigenvalue weighted by Crippen LogP contribution is 2.68. The average Bonchev–Trinajstić information content (AvgIpc) is 2.90. The van der Waals surface area contributed by atoms with Crippen LogP contribution in [-0.2, 0) is 9.47 Å². The molecule has 0 aromatic heterocycles. The van der Waals surface area contributed by atoms with Crippen LogP contribution < -0.4 is 0 Å². The fourth-order valence-corrected chi connectivity index (χ4v) is 7.61. The summed E-state index contributed by atoms with van der Waals surface area (Å²) in [6.45, 7) is 4.89. The molecular formula is C21H36O3. The number of aliphatic hydroxyl groups is 1. The van der Waals surface area contributed by atoms with Gasteiger partial charge in [0.15, 0.2) is 5.79 Å². The molecule has 1 N–H and O–H groups in total. The summed E-state index contributed by atoms with van der Waals surface area (Å²) in [5, 5.41) is 11.7. The molecule has 4 aliphatic rings. The molecule has 0 bridgehead atoms. The molecule has 4 aliphatic carbocycles. The lowest BCUT2D eigenvalue weighted by Gasteiger charge is -2.64. The van der Waals surface area contributed by atoms with Crippen molar-refractivity contribution in [2.45, 2.75) is 89.4 Å². The van der Waals surface area contributed by atoms with Crippen molar-refractivity contribution in [1.82, 2.24) is 0 Å². The third kappa shape index (κ3) is 2.07. The lowest BCUT2D eigenvalue weighted by Crippen LogP contribution is -2.62. The van der Waals surface area contributed by atoms with Gasteiger partial charge >= 0.3 is 0 Å². The molecule has 0 heterocycles.